The summed E-state index contributed by atoms with van der Waals surface area (Å²) in [7, 11) is -1.84. The van der Waals surface area contributed by atoms with Crippen molar-refractivity contribution in [3.05, 3.63) is 36.0 Å². The van der Waals surface area contributed by atoms with Gasteiger partial charge in [-0.1, -0.05) is 26.0 Å². The second kappa shape index (κ2) is 10.5. The van der Waals surface area contributed by atoms with Gasteiger partial charge in [0.25, 0.3) is 5.91 Å². The summed E-state index contributed by atoms with van der Waals surface area (Å²) in [4.78, 5) is 33.6. The summed E-state index contributed by atoms with van der Waals surface area (Å²) in [6.07, 6.45) is -0.343. The Kier molecular flexibility index (Phi) is 8.31. The molecule has 0 aliphatic rings. The third-order valence-corrected chi connectivity index (χ3v) is 5.19. The Morgan fingerprint density at radius 1 is 1.19 bits per heavy atom. The number of rotatable bonds is 7. The number of ether oxygens (including phenoxy) is 1. The molecule has 0 saturated carbocycles. The lowest BCUT2D eigenvalue weighted by molar-refractivity contribution is -0.121. The lowest BCUT2D eigenvalue weighted by atomic mass is 10.0. The van der Waals surface area contributed by atoms with Crippen molar-refractivity contribution in [1.29, 1.82) is 0 Å². The number of aryl methyl sites for hydroxylation is 1. The van der Waals surface area contributed by atoms with Crippen molar-refractivity contribution in [1.82, 2.24) is 20.0 Å². The molecule has 32 heavy (non-hydrogen) atoms. The van der Waals surface area contributed by atoms with Crippen LogP contribution in [-0.2, 0) is 20.5 Å². The van der Waals surface area contributed by atoms with Gasteiger partial charge in [-0.15, -0.1) is 0 Å². The van der Waals surface area contributed by atoms with Gasteiger partial charge in [-0.05, 0) is 58.2 Å². The number of carbonyl (C=O) groups excluding carboxylic acids is 2. The van der Waals surface area contributed by atoms with Crippen molar-refractivity contribution < 1.29 is 18.5 Å². The maximum absolute atomic E-state index is 12.9. The normalized spacial score (nSPS) is 13.3. The molecular weight excluding hydrogens is 430 g/mol. The zero-order valence-corrected chi connectivity index (χ0v) is 20.1. The molecule has 2 atom stereocenters. The van der Waals surface area contributed by atoms with Gasteiger partial charge in [-0.2, -0.15) is 0 Å². The number of nitrogens with zero attached hydrogens (tertiary/aromatic N) is 2. The van der Waals surface area contributed by atoms with Gasteiger partial charge < -0.3 is 15.8 Å². The molecule has 0 saturated heterocycles. The number of nitrogen functional groups attached to an aromatic ring is 1. The quantitative estimate of drug-likeness (QED) is 0.576. The first kappa shape index (κ1) is 25.3. The lowest BCUT2D eigenvalue weighted by Crippen LogP contribution is -2.49. The van der Waals surface area contributed by atoms with Gasteiger partial charge in [0.05, 0.1) is 10.6 Å². The van der Waals surface area contributed by atoms with E-state index < -0.39 is 34.6 Å². The van der Waals surface area contributed by atoms with E-state index in [0.29, 0.717) is 28.3 Å². The molecule has 1 aromatic carbocycles. The maximum atomic E-state index is 12.9. The fourth-order valence-electron chi connectivity index (χ4n) is 2.88. The van der Waals surface area contributed by atoms with E-state index >= 15 is 0 Å². The van der Waals surface area contributed by atoms with Gasteiger partial charge >= 0.3 is 6.09 Å². The number of hydrogen-bond acceptors (Lipinski definition) is 7. The minimum Gasteiger partial charge on any atom is -0.444 e. The Morgan fingerprint density at radius 2 is 1.88 bits per heavy atom. The molecule has 0 spiro atoms. The van der Waals surface area contributed by atoms with Crippen LogP contribution < -0.4 is 15.8 Å². The van der Waals surface area contributed by atoms with Gasteiger partial charge in [0.2, 0.25) is 5.95 Å². The van der Waals surface area contributed by atoms with E-state index in [1.807, 2.05) is 13.8 Å². The van der Waals surface area contributed by atoms with Crippen LogP contribution in [0.25, 0.3) is 11.3 Å². The SMILES string of the molecule is Cc1cc(-c2cccc(S(=O)NC(=O)[C@H](CC(C)C)NC(=O)OC(C)(C)C)c2)nc(N)n1. The fraction of sp³-hybridized carbons (Fsp3) is 0.455. The second-order valence-corrected chi connectivity index (χ2v) is 10.1. The highest BCUT2D eigenvalue weighted by Crippen LogP contribution is 2.21. The molecular formula is C22H31N5O4S. The van der Waals surface area contributed by atoms with Crippen LogP contribution in [0.4, 0.5) is 10.7 Å². The van der Waals surface area contributed by atoms with Crippen LogP contribution in [0.2, 0.25) is 0 Å². The Labute approximate surface area is 191 Å². The molecule has 9 nitrogen and oxygen atoms in total. The van der Waals surface area contributed by atoms with Crippen LogP contribution >= 0.6 is 0 Å². The third kappa shape index (κ3) is 7.92. The highest BCUT2D eigenvalue weighted by atomic mass is 32.2. The Morgan fingerprint density at radius 3 is 2.47 bits per heavy atom. The van der Waals surface area contributed by atoms with Gasteiger partial charge in [-0.25, -0.2) is 19.0 Å². The van der Waals surface area contributed by atoms with Crippen LogP contribution in [0.1, 0.15) is 46.7 Å². The number of nitrogens with one attached hydrogen (secondary N) is 2. The summed E-state index contributed by atoms with van der Waals surface area (Å²) in [6.45, 7) is 10.9. The summed E-state index contributed by atoms with van der Waals surface area (Å²) in [5.74, 6) is -0.302. The number of benzene rings is 1. The maximum Gasteiger partial charge on any atom is 0.408 e. The van der Waals surface area contributed by atoms with Crippen LogP contribution in [0, 0.1) is 12.8 Å². The van der Waals surface area contributed by atoms with E-state index in [0.717, 1.165) is 0 Å². The molecule has 1 aromatic heterocycles. The first-order chi connectivity index (χ1) is 14.8. The summed E-state index contributed by atoms with van der Waals surface area (Å²) >= 11 is 0. The summed E-state index contributed by atoms with van der Waals surface area (Å²) in [5, 5.41) is 2.57. The number of anilines is 1. The predicted octanol–water partition coefficient (Wildman–Crippen LogP) is 3.11. The molecule has 1 heterocycles. The lowest BCUT2D eigenvalue weighted by Gasteiger charge is -2.24. The van der Waals surface area contributed by atoms with Crippen molar-refractivity contribution in [2.45, 2.75) is 64.5 Å². The molecule has 0 aliphatic carbocycles. The number of amides is 2. The molecule has 2 rings (SSSR count). The first-order valence-corrected chi connectivity index (χ1v) is 11.4. The van der Waals surface area contributed by atoms with Crippen LogP contribution in [0.3, 0.4) is 0 Å². The van der Waals surface area contributed by atoms with Crippen LogP contribution in [0.5, 0.6) is 0 Å². The van der Waals surface area contributed by atoms with Crippen molar-refractivity contribution in [3.63, 3.8) is 0 Å². The summed E-state index contributed by atoms with van der Waals surface area (Å²) < 4.78 is 20.6. The molecule has 1 unspecified atom stereocenters. The molecule has 4 N–H and O–H groups in total. The third-order valence-electron chi connectivity index (χ3n) is 4.12. The van der Waals surface area contributed by atoms with Crippen LogP contribution in [0.15, 0.2) is 35.2 Å². The number of hydrogen-bond donors (Lipinski definition) is 3. The predicted molar refractivity (Wildman–Crippen MR) is 124 cm³/mol. The van der Waals surface area contributed by atoms with Gasteiger partial charge in [-0.3, -0.25) is 9.52 Å². The monoisotopic (exact) mass is 461 g/mol. The minimum absolute atomic E-state index is 0.115. The van der Waals surface area contributed by atoms with Gasteiger partial charge in [0, 0.05) is 11.3 Å². The minimum atomic E-state index is -1.84. The average Bonchev–Trinajstić information content (AvgIpc) is 2.65. The topological polar surface area (TPSA) is 136 Å². The molecule has 0 bridgehead atoms. The van der Waals surface area contributed by atoms with E-state index in [1.165, 1.54) is 0 Å². The Balaban J connectivity index is 2.16. The second-order valence-electron chi connectivity index (χ2n) is 8.84. The largest absolute Gasteiger partial charge is 0.444 e. The van der Waals surface area contributed by atoms with E-state index in [2.05, 4.69) is 20.0 Å². The van der Waals surface area contributed by atoms with E-state index in [4.69, 9.17) is 10.5 Å². The first-order valence-electron chi connectivity index (χ1n) is 10.3. The van der Waals surface area contributed by atoms with E-state index in [-0.39, 0.29) is 11.9 Å². The molecule has 0 radical (unpaired) electrons. The molecule has 2 amide bonds. The molecule has 0 fully saturated rings. The number of carbonyl (C=O) groups is 2. The number of nitrogens with two attached hydrogens (primary N) is 1. The Hall–Kier alpha value is -3.01. The zero-order chi connectivity index (χ0) is 24.1. The molecule has 0 aliphatic heterocycles. The fourth-order valence-corrected chi connectivity index (χ4v) is 3.76. The average molecular weight is 462 g/mol. The smallest absolute Gasteiger partial charge is 0.408 e. The van der Waals surface area contributed by atoms with Gasteiger partial charge in [0.15, 0.2) is 11.0 Å². The van der Waals surface area contributed by atoms with Crippen molar-refractivity contribution in [3.8, 4) is 11.3 Å². The van der Waals surface area contributed by atoms with Crippen molar-refractivity contribution in [2.24, 2.45) is 5.92 Å². The molecule has 174 valence electrons. The van der Waals surface area contributed by atoms with Crippen LogP contribution in [-0.4, -0.2) is 37.8 Å². The Bertz CT molecular complexity index is 984. The summed E-state index contributed by atoms with van der Waals surface area (Å²) in [5.41, 5.74) is 7.01. The zero-order valence-electron chi connectivity index (χ0n) is 19.3. The molecule has 2 aromatic rings. The van der Waals surface area contributed by atoms with Gasteiger partial charge in [0.1, 0.15) is 11.6 Å². The summed E-state index contributed by atoms with van der Waals surface area (Å²) in [6, 6.07) is 7.69. The van der Waals surface area contributed by atoms with E-state index in [9.17, 15) is 13.8 Å². The highest BCUT2D eigenvalue weighted by molar-refractivity contribution is 7.83. The van der Waals surface area contributed by atoms with Crippen molar-refractivity contribution >= 4 is 28.9 Å². The van der Waals surface area contributed by atoms with E-state index in [1.54, 1.807) is 58.0 Å². The standard InChI is InChI=1S/C22H31N5O4S/c1-13(2)10-18(26-21(29)31-22(4,5)6)19(28)27-32(30)16-9-7-8-15(12-16)17-11-14(3)24-20(23)25-17/h7-9,11-13,18H,10H2,1-6H3,(H,26,29)(H,27,28)(H2,23,24,25)/t18-,32?/m0/s1. The number of aromatic nitrogens is 2. The highest BCUT2D eigenvalue weighted by Gasteiger charge is 2.26. The molecule has 10 heteroatoms. The van der Waals surface area contributed by atoms with Crippen molar-refractivity contribution in [2.75, 3.05) is 5.73 Å². The number of alkyl carbamates (subject to hydrolysis) is 1.